The van der Waals surface area contributed by atoms with Crippen LogP contribution in [0.5, 0.6) is 5.75 Å². The number of hydrogen-bond acceptors (Lipinski definition) is 9. The zero-order chi connectivity index (χ0) is 36.3. The van der Waals surface area contributed by atoms with Crippen molar-refractivity contribution in [2.45, 2.75) is 91.2 Å². The highest BCUT2D eigenvalue weighted by molar-refractivity contribution is 6.32. The largest absolute Gasteiger partial charge is 0.495 e. The minimum Gasteiger partial charge on any atom is -0.495 e. The molecule has 2 amide bonds. The van der Waals surface area contributed by atoms with Gasteiger partial charge in [-0.3, -0.25) is 14.4 Å². The molecular weight excluding hydrogens is 650 g/mol. The second-order valence-corrected chi connectivity index (χ2v) is 14.0. The molecule has 0 aliphatic carbocycles. The number of benzene rings is 2. The lowest BCUT2D eigenvalue weighted by Crippen LogP contribution is -2.51. The molecule has 3 rings (SSSR count). The Morgan fingerprint density at radius 2 is 1.67 bits per heavy atom. The van der Waals surface area contributed by atoms with E-state index in [1.54, 1.807) is 39.0 Å². The Bertz CT molecular complexity index is 1480. The third-order valence-electron chi connectivity index (χ3n) is 8.55. The lowest BCUT2D eigenvalue weighted by Gasteiger charge is -2.31. The maximum absolute atomic E-state index is 13.6. The summed E-state index contributed by atoms with van der Waals surface area (Å²) in [6.07, 6.45) is 0.468. The van der Waals surface area contributed by atoms with Crippen molar-refractivity contribution < 1.29 is 38.5 Å². The van der Waals surface area contributed by atoms with E-state index in [4.69, 9.17) is 31.5 Å². The molecule has 268 valence electrons. The second kappa shape index (κ2) is 18.2. The second-order valence-electron chi connectivity index (χ2n) is 13.6. The van der Waals surface area contributed by atoms with Gasteiger partial charge >= 0.3 is 11.9 Å². The molecule has 1 heterocycles. The quantitative estimate of drug-likeness (QED) is 0.268. The summed E-state index contributed by atoms with van der Waals surface area (Å²) >= 11 is 6.31. The standard InChI is InChI=1S/C37H50ClN3O8/c1-22(2)16-32-35(45)48-30(23(3)29(42)19-24-10-12-25(20-39)13-11-24)8-7-9-33(43)41-28(18-26-14-15-31(47-6)27(38)17-26)34(44)40-21-37(4,5)36(46)49-32/h7,9-15,17,22-23,28-30,32,42H,8,16,18-21,39H2,1-6H3,(H,40,44)(H,41,43)/b9-7+/t23-,28-,29-,30+,32+/m1/s1. The van der Waals surface area contributed by atoms with E-state index < -0.39 is 59.4 Å². The van der Waals surface area contributed by atoms with Crippen molar-refractivity contribution in [2.75, 3.05) is 13.7 Å². The van der Waals surface area contributed by atoms with Crippen molar-refractivity contribution in [1.82, 2.24) is 10.6 Å². The summed E-state index contributed by atoms with van der Waals surface area (Å²) in [4.78, 5) is 53.6. The van der Waals surface area contributed by atoms with Crippen LogP contribution in [0.4, 0.5) is 0 Å². The predicted molar refractivity (Wildman–Crippen MR) is 187 cm³/mol. The maximum atomic E-state index is 13.6. The Morgan fingerprint density at radius 1 is 1.02 bits per heavy atom. The minimum absolute atomic E-state index is 0.0208. The fraction of sp³-hybridized carbons (Fsp3) is 0.514. The van der Waals surface area contributed by atoms with Gasteiger partial charge in [-0.1, -0.05) is 68.8 Å². The summed E-state index contributed by atoms with van der Waals surface area (Å²) in [5.74, 6) is -2.65. The zero-order valence-corrected chi connectivity index (χ0v) is 29.9. The van der Waals surface area contributed by atoms with Crippen LogP contribution in [-0.4, -0.2) is 66.9 Å². The highest BCUT2D eigenvalue weighted by atomic mass is 35.5. The molecule has 0 saturated carbocycles. The fourth-order valence-corrected chi connectivity index (χ4v) is 5.59. The highest BCUT2D eigenvalue weighted by Gasteiger charge is 2.37. The molecule has 5 N–H and O–H groups in total. The van der Waals surface area contributed by atoms with Crippen LogP contribution in [0, 0.1) is 17.3 Å². The van der Waals surface area contributed by atoms with Crippen LogP contribution in [0.15, 0.2) is 54.6 Å². The van der Waals surface area contributed by atoms with Crippen LogP contribution in [0.3, 0.4) is 0 Å². The number of nitrogens with one attached hydrogen (secondary N) is 2. The number of rotatable bonds is 10. The first kappa shape index (κ1) is 39.5. The fourth-order valence-electron chi connectivity index (χ4n) is 5.31. The van der Waals surface area contributed by atoms with Gasteiger partial charge in [-0.15, -0.1) is 0 Å². The van der Waals surface area contributed by atoms with E-state index in [-0.39, 0.29) is 38.1 Å². The van der Waals surface area contributed by atoms with Gasteiger partial charge in [-0.25, -0.2) is 4.79 Å². The van der Waals surface area contributed by atoms with Crippen LogP contribution in [0.2, 0.25) is 5.02 Å². The third kappa shape index (κ3) is 11.9. The number of carbonyl (C=O) groups is 4. The molecule has 1 aliphatic heterocycles. The van der Waals surface area contributed by atoms with Crippen molar-refractivity contribution in [2.24, 2.45) is 23.0 Å². The summed E-state index contributed by atoms with van der Waals surface area (Å²) in [6.45, 7) is 9.01. The summed E-state index contributed by atoms with van der Waals surface area (Å²) in [5, 5.41) is 17.1. The molecule has 11 nitrogen and oxygen atoms in total. The summed E-state index contributed by atoms with van der Waals surface area (Å²) < 4.78 is 16.9. The van der Waals surface area contributed by atoms with Crippen molar-refractivity contribution in [3.63, 3.8) is 0 Å². The average molecular weight is 700 g/mol. The van der Waals surface area contributed by atoms with Crippen LogP contribution >= 0.6 is 11.6 Å². The van der Waals surface area contributed by atoms with E-state index in [0.717, 1.165) is 11.1 Å². The molecule has 12 heteroatoms. The van der Waals surface area contributed by atoms with E-state index in [9.17, 15) is 24.3 Å². The first-order valence-corrected chi connectivity index (χ1v) is 17.0. The Kier molecular flexibility index (Phi) is 14.7. The van der Waals surface area contributed by atoms with Crippen molar-refractivity contribution in [1.29, 1.82) is 0 Å². The molecule has 0 unspecified atom stereocenters. The van der Waals surface area contributed by atoms with Crippen molar-refractivity contribution >= 4 is 35.4 Å². The number of ether oxygens (including phenoxy) is 3. The molecule has 5 atom stereocenters. The summed E-state index contributed by atoms with van der Waals surface area (Å²) in [5.41, 5.74) is 6.99. The number of methoxy groups -OCH3 is 1. The van der Waals surface area contributed by atoms with E-state index in [1.807, 2.05) is 38.1 Å². The number of amides is 2. The number of carbonyl (C=O) groups excluding carboxylic acids is 4. The van der Waals surface area contributed by atoms with E-state index >= 15 is 0 Å². The SMILES string of the molecule is COc1ccc(C[C@H]2NC(=O)/C=C/C[C@@H]([C@H](C)[C@H](O)Cc3ccc(CN)cc3)OC(=O)[C@H](CC(C)C)OC(=O)C(C)(C)CNC2=O)cc1Cl. The number of cyclic esters (lactones) is 2. The number of hydrogen-bond donors (Lipinski definition) is 4. The van der Waals surface area contributed by atoms with Gasteiger partial charge < -0.3 is 35.7 Å². The average Bonchev–Trinajstić information content (AvgIpc) is 3.05. The first-order valence-electron chi connectivity index (χ1n) is 16.6. The topological polar surface area (TPSA) is 166 Å². The highest BCUT2D eigenvalue weighted by Crippen LogP contribution is 2.27. The number of aliphatic hydroxyl groups excluding tert-OH is 1. The maximum Gasteiger partial charge on any atom is 0.347 e. The van der Waals surface area contributed by atoms with Gasteiger partial charge in [0.1, 0.15) is 17.9 Å². The Labute approximate surface area is 293 Å². The first-order chi connectivity index (χ1) is 23.1. The molecule has 0 fully saturated rings. The van der Waals surface area contributed by atoms with Gasteiger partial charge in [0.2, 0.25) is 11.8 Å². The van der Waals surface area contributed by atoms with Gasteiger partial charge in [-0.05, 0) is 67.5 Å². The van der Waals surface area contributed by atoms with E-state index in [0.29, 0.717) is 22.9 Å². The Morgan fingerprint density at radius 3 is 2.29 bits per heavy atom. The minimum atomic E-state index is -1.23. The molecule has 1 aliphatic rings. The molecule has 0 saturated heterocycles. The molecule has 2 aromatic carbocycles. The molecule has 49 heavy (non-hydrogen) atoms. The van der Waals surface area contributed by atoms with Gasteiger partial charge in [-0.2, -0.15) is 0 Å². The van der Waals surface area contributed by atoms with Crippen LogP contribution < -0.4 is 21.1 Å². The normalized spacial score (nSPS) is 22.7. The third-order valence-corrected chi connectivity index (χ3v) is 8.84. The predicted octanol–water partition coefficient (Wildman–Crippen LogP) is 4.05. The van der Waals surface area contributed by atoms with Crippen LogP contribution in [0.25, 0.3) is 0 Å². The van der Waals surface area contributed by atoms with Gasteiger partial charge in [0, 0.05) is 31.8 Å². The number of esters is 2. The molecule has 2 aromatic rings. The smallest absolute Gasteiger partial charge is 0.347 e. The van der Waals surface area contributed by atoms with Crippen molar-refractivity contribution in [3.05, 3.63) is 76.3 Å². The molecule has 0 aromatic heterocycles. The lowest BCUT2D eigenvalue weighted by molar-refractivity contribution is -0.180. The number of halogens is 1. The summed E-state index contributed by atoms with van der Waals surface area (Å²) in [7, 11) is 1.49. The summed E-state index contributed by atoms with van der Waals surface area (Å²) in [6, 6.07) is 11.6. The van der Waals surface area contributed by atoms with Gasteiger partial charge in [0.25, 0.3) is 0 Å². The molecule has 0 spiro atoms. The van der Waals surface area contributed by atoms with Crippen LogP contribution in [-0.2, 0) is 48.0 Å². The Balaban J connectivity index is 1.93. The molecule has 0 bridgehead atoms. The Hall–Kier alpha value is -3.93. The lowest BCUT2D eigenvalue weighted by atomic mass is 9.90. The van der Waals surface area contributed by atoms with Gasteiger partial charge in [0.15, 0.2) is 6.10 Å². The van der Waals surface area contributed by atoms with E-state index in [2.05, 4.69) is 10.6 Å². The van der Waals surface area contributed by atoms with Gasteiger partial charge in [0.05, 0.1) is 23.7 Å². The molecule has 0 radical (unpaired) electrons. The number of nitrogens with two attached hydrogens (primary N) is 1. The number of aliphatic hydroxyl groups is 1. The van der Waals surface area contributed by atoms with E-state index in [1.165, 1.54) is 19.3 Å². The molecular formula is C37H50ClN3O8. The van der Waals surface area contributed by atoms with Crippen molar-refractivity contribution in [3.8, 4) is 5.75 Å². The van der Waals surface area contributed by atoms with Crippen LogP contribution in [0.1, 0.15) is 64.2 Å². The monoisotopic (exact) mass is 699 g/mol. The zero-order valence-electron chi connectivity index (χ0n) is 29.2.